The number of ether oxygens (including phenoxy) is 2. The van der Waals surface area contributed by atoms with Gasteiger partial charge in [-0.05, 0) is 37.1 Å². The molecule has 1 aliphatic rings. The van der Waals surface area contributed by atoms with E-state index < -0.39 is 10.0 Å². The minimum atomic E-state index is -3.77. The minimum absolute atomic E-state index is 0.165. The van der Waals surface area contributed by atoms with Crippen molar-refractivity contribution in [2.75, 3.05) is 52.5 Å². The van der Waals surface area contributed by atoms with E-state index in [1.807, 2.05) is 26.8 Å². The van der Waals surface area contributed by atoms with Crippen LogP contribution in [0, 0.1) is 0 Å². The highest BCUT2D eigenvalue weighted by molar-refractivity contribution is 7.89. The smallest absolute Gasteiger partial charge is 0.274 e. The summed E-state index contributed by atoms with van der Waals surface area (Å²) in [4.78, 5) is 18.3. The molecule has 11 heteroatoms. The molecule has 0 unspecified atom stereocenters. The number of benzene rings is 1. The number of nitrogens with zero attached hydrogens (tertiary/aromatic N) is 4. The molecule has 0 bridgehead atoms. The number of sulfonamides is 1. The molecule has 1 aromatic carbocycles. The second kappa shape index (κ2) is 11.8. The molecule has 2 aromatic heterocycles. The summed E-state index contributed by atoms with van der Waals surface area (Å²) in [5.41, 5.74) is 2.05. The molecule has 202 valence electrons. The molecule has 37 heavy (non-hydrogen) atoms. The molecule has 1 fully saturated rings. The summed E-state index contributed by atoms with van der Waals surface area (Å²) in [7, 11) is -2.02. The molecule has 1 saturated heterocycles. The lowest BCUT2D eigenvalue weighted by Gasteiger charge is -2.29. The molecule has 3 heterocycles. The van der Waals surface area contributed by atoms with Crippen molar-refractivity contribution in [1.29, 1.82) is 0 Å². The average Bonchev–Trinajstić information content (AvgIpc) is 3.24. The number of pyridine rings is 1. The van der Waals surface area contributed by atoms with Gasteiger partial charge in [0.05, 0.1) is 36.1 Å². The van der Waals surface area contributed by atoms with Crippen molar-refractivity contribution in [2.45, 2.75) is 38.5 Å². The number of morpholine rings is 1. The van der Waals surface area contributed by atoms with Gasteiger partial charge in [0.25, 0.3) is 5.56 Å². The third-order valence-corrected chi connectivity index (χ3v) is 8.68. The van der Waals surface area contributed by atoms with Crippen molar-refractivity contribution in [1.82, 2.24) is 24.0 Å². The lowest BCUT2D eigenvalue weighted by atomic mass is 10.1. The third kappa shape index (κ3) is 5.74. The quantitative estimate of drug-likeness (QED) is 0.405. The van der Waals surface area contributed by atoms with Gasteiger partial charge in [-0.3, -0.25) is 14.4 Å². The predicted molar refractivity (Wildman–Crippen MR) is 144 cm³/mol. The first kappa shape index (κ1) is 27.3. The van der Waals surface area contributed by atoms with Crippen LogP contribution in [0.4, 0.5) is 0 Å². The van der Waals surface area contributed by atoms with Crippen molar-refractivity contribution < 1.29 is 17.9 Å². The van der Waals surface area contributed by atoms with Crippen LogP contribution in [0.15, 0.2) is 34.0 Å². The van der Waals surface area contributed by atoms with Crippen LogP contribution >= 0.6 is 0 Å². The van der Waals surface area contributed by atoms with Crippen molar-refractivity contribution in [3.8, 4) is 17.0 Å². The van der Waals surface area contributed by atoms with Crippen LogP contribution in [0.2, 0.25) is 0 Å². The number of hydrogen-bond acceptors (Lipinski definition) is 7. The van der Waals surface area contributed by atoms with Gasteiger partial charge in [-0.15, -0.1) is 0 Å². The van der Waals surface area contributed by atoms with Gasteiger partial charge in [0.15, 0.2) is 0 Å². The Bertz CT molecular complexity index is 1390. The fraction of sp³-hybridized carbons (Fsp3) is 0.538. The van der Waals surface area contributed by atoms with Gasteiger partial charge in [0.1, 0.15) is 11.3 Å². The van der Waals surface area contributed by atoms with E-state index >= 15 is 0 Å². The van der Waals surface area contributed by atoms with Gasteiger partial charge in [0, 0.05) is 50.7 Å². The average molecular weight is 532 g/mol. The molecule has 10 nitrogen and oxygen atoms in total. The first-order valence-electron chi connectivity index (χ1n) is 13.0. The Morgan fingerprint density at radius 2 is 1.92 bits per heavy atom. The third-order valence-electron chi connectivity index (χ3n) is 6.71. The topological polar surface area (TPSA) is 110 Å². The van der Waals surface area contributed by atoms with Crippen LogP contribution in [0.25, 0.3) is 22.2 Å². The van der Waals surface area contributed by atoms with Crippen LogP contribution in [0.5, 0.6) is 5.75 Å². The molecule has 0 saturated carbocycles. The van der Waals surface area contributed by atoms with E-state index in [2.05, 4.69) is 15.0 Å². The molecule has 0 aliphatic carbocycles. The fourth-order valence-corrected chi connectivity index (χ4v) is 6.14. The van der Waals surface area contributed by atoms with E-state index in [9.17, 15) is 13.2 Å². The maximum Gasteiger partial charge on any atom is 0.274 e. The number of H-pyrrole nitrogens is 1. The summed E-state index contributed by atoms with van der Waals surface area (Å²) in [6, 6.07) is 6.74. The molecule has 0 spiro atoms. The Morgan fingerprint density at radius 3 is 2.59 bits per heavy atom. The van der Waals surface area contributed by atoms with Gasteiger partial charge in [-0.2, -0.15) is 9.40 Å². The number of hydrogen-bond donors (Lipinski definition) is 1. The molecular formula is C26H37N5O5S. The normalized spacial score (nSPS) is 15.1. The van der Waals surface area contributed by atoms with E-state index in [4.69, 9.17) is 9.47 Å². The van der Waals surface area contributed by atoms with Crippen LogP contribution in [-0.2, 0) is 28.2 Å². The van der Waals surface area contributed by atoms with Gasteiger partial charge in [-0.25, -0.2) is 8.42 Å². The highest BCUT2D eigenvalue weighted by Crippen LogP contribution is 2.33. The molecule has 4 rings (SSSR count). The summed E-state index contributed by atoms with van der Waals surface area (Å²) in [6.45, 7) is 10.6. The zero-order valence-electron chi connectivity index (χ0n) is 22.1. The molecule has 0 atom stereocenters. The van der Waals surface area contributed by atoms with Gasteiger partial charge in [-0.1, -0.05) is 20.8 Å². The zero-order valence-corrected chi connectivity index (χ0v) is 22.9. The summed E-state index contributed by atoms with van der Waals surface area (Å²) < 4.78 is 41.8. The number of nitrogens with one attached hydrogen (secondary N) is 1. The molecule has 1 N–H and O–H groups in total. The molecule has 1 aliphatic heterocycles. The van der Waals surface area contributed by atoms with Crippen LogP contribution in [-0.4, -0.2) is 84.9 Å². The number of aromatic amines is 1. The van der Waals surface area contributed by atoms with E-state index in [0.717, 1.165) is 30.6 Å². The van der Waals surface area contributed by atoms with Crippen molar-refractivity contribution >= 4 is 20.9 Å². The number of aryl methyl sites for hydroxylation is 2. The maximum atomic E-state index is 13.7. The standard InChI is InChI=1S/C26H37N5O5S/c1-5-14-36-24-9-8-19(37(33,34)31(7-3)11-10-30-12-15-35-16-13-30)17-20(24)23-18-21-22(6-2)28-29(4)25(21)26(32)27-23/h8-9,17-18H,5-7,10-16H2,1-4H3,(H,27,32). The summed E-state index contributed by atoms with van der Waals surface area (Å²) >= 11 is 0. The Labute approximate surface area is 218 Å². The van der Waals surface area contributed by atoms with Crippen molar-refractivity contribution in [2.24, 2.45) is 7.05 Å². The predicted octanol–water partition coefficient (Wildman–Crippen LogP) is 2.62. The van der Waals surface area contributed by atoms with E-state index in [1.54, 1.807) is 29.9 Å². The number of rotatable bonds is 11. The van der Waals surface area contributed by atoms with Gasteiger partial charge in [0.2, 0.25) is 10.0 Å². The van der Waals surface area contributed by atoms with Crippen molar-refractivity contribution in [3.63, 3.8) is 0 Å². The summed E-state index contributed by atoms with van der Waals surface area (Å²) in [6.07, 6.45) is 1.46. The number of likely N-dealkylation sites (N-methyl/N-ethyl adjacent to an activating group) is 1. The van der Waals surface area contributed by atoms with Crippen LogP contribution in [0.1, 0.15) is 32.9 Å². The largest absolute Gasteiger partial charge is 0.493 e. The SMILES string of the molecule is CCCOc1ccc(S(=O)(=O)N(CC)CCN2CCOCC2)cc1-c1cc2c(CC)nn(C)c2c(=O)[nH]1. The summed E-state index contributed by atoms with van der Waals surface area (Å²) in [5.74, 6) is 0.522. The van der Waals surface area contributed by atoms with Crippen molar-refractivity contribution in [3.05, 3.63) is 40.3 Å². The van der Waals surface area contributed by atoms with Crippen LogP contribution < -0.4 is 10.3 Å². The highest BCUT2D eigenvalue weighted by Gasteiger charge is 2.26. The molecule has 0 radical (unpaired) electrons. The lowest BCUT2D eigenvalue weighted by molar-refractivity contribution is 0.0364. The lowest BCUT2D eigenvalue weighted by Crippen LogP contribution is -2.43. The number of aromatic nitrogens is 3. The minimum Gasteiger partial charge on any atom is -0.493 e. The first-order valence-corrected chi connectivity index (χ1v) is 14.4. The second-order valence-corrected chi connectivity index (χ2v) is 11.1. The Hall–Kier alpha value is -2.73. The Balaban J connectivity index is 1.74. The van der Waals surface area contributed by atoms with Crippen LogP contribution in [0.3, 0.4) is 0 Å². The summed E-state index contributed by atoms with van der Waals surface area (Å²) in [5, 5.41) is 5.23. The Kier molecular flexibility index (Phi) is 8.68. The van der Waals surface area contributed by atoms with E-state index in [0.29, 0.717) is 68.4 Å². The highest BCUT2D eigenvalue weighted by atomic mass is 32.2. The van der Waals surface area contributed by atoms with E-state index in [-0.39, 0.29) is 10.5 Å². The maximum absolute atomic E-state index is 13.7. The molecule has 0 amide bonds. The Morgan fingerprint density at radius 1 is 1.16 bits per heavy atom. The van der Waals surface area contributed by atoms with Gasteiger partial charge >= 0.3 is 0 Å². The second-order valence-electron chi connectivity index (χ2n) is 9.16. The van der Waals surface area contributed by atoms with E-state index in [1.165, 1.54) is 4.31 Å². The first-order chi connectivity index (χ1) is 17.8. The fourth-order valence-electron chi connectivity index (χ4n) is 4.68. The number of fused-ring (bicyclic) bond motifs is 1. The molecule has 3 aromatic rings. The monoisotopic (exact) mass is 531 g/mol. The zero-order chi connectivity index (χ0) is 26.6. The molecular weight excluding hydrogens is 494 g/mol. The van der Waals surface area contributed by atoms with Gasteiger partial charge < -0.3 is 14.5 Å².